The average molecular weight is 254 g/mol. The van der Waals surface area contributed by atoms with Crippen LogP contribution < -0.4 is 5.76 Å². The van der Waals surface area contributed by atoms with Gasteiger partial charge in [-0.2, -0.15) is 4.68 Å². The fourth-order valence-corrected chi connectivity index (χ4v) is 1.49. The molecule has 0 aliphatic heterocycles. The van der Waals surface area contributed by atoms with Crippen molar-refractivity contribution in [1.29, 1.82) is 0 Å². The monoisotopic (exact) mass is 254 g/mol. The van der Waals surface area contributed by atoms with E-state index in [-0.39, 0.29) is 11.7 Å². The maximum atomic E-state index is 11.6. The van der Waals surface area contributed by atoms with Crippen LogP contribution in [0.4, 0.5) is 0 Å². The fourth-order valence-electron chi connectivity index (χ4n) is 1.49. The highest BCUT2D eigenvalue weighted by molar-refractivity contribution is 5.84. The van der Waals surface area contributed by atoms with E-state index >= 15 is 0 Å². The molecule has 1 heterocycles. The number of rotatable bonds is 6. The third kappa shape index (κ3) is 3.32. The predicted octanol–water partition coefficient (Wildman–Crippen LogP) is 1.38. The van der Waals surface area contributed by atoms with Crippen molar-refractivity contribution in [3.63, 3.8) is 0 Å². The first-order valence-corrected chi connectivity index (χ1v) is 5.87. The van der Waals surface area contributed by atoms with E-state index in [1.54, 1.807) is 6.08 Å². The molecule has 0 saturated heterocycles. The summed E-state index contributed by atoms with van der Waals surface area (Å²) in [5.41, 5.74) is 0. The van der Waals surface area contributed by atoms with Crippen LogP contribution >= 0.6 is 0 Å². The summed E-state index contributed by atoms with van der Waals surface area (Å²) < 4.78 is 11.4. The Morgan fingerprint density at radius 2 is 2.22 bits per heavy atom. The second kappa shape index (κ2) is 6.18. The van der Waals surface area contributed by atoms with Gasteiger partial charge in [0.1, 0.15) is 11.7 Å². The number of ether oxygens (including phenoxy) is 1. The van der Waals surface area contributed by atoms with E-state index in [9.17, 15) is 9.59 Å². The summed E-state index contributed by atoms with van der Waals surface area (Å²) in [5.74, 6) is -0.631. The zero-order valence-electron chi connectivity index (χ0n) is 11.1. The Bertz CT molecular complexity index is 498. The summed E-state index contributed by atoms with van der Waals surface area (Å²) in [5, 5.41) is 3.90. The minimum absolute atomic E-state index is 0.0978. The molecule has 0 amide bonds. The smallest absolute Gasteiger partial charge is 0.436 e. The van der Waals surface area contributed by atoms with Crippen LogP contribution in [0.5, 0.6) is 0 Å². The minimum atomic E-state index is -0.680. The zero-order valence-corrected chi connectivity index (χ0v) is 11.1. The van der Waals surface area contributed by atoms with Crippen molar-refractivity contribution >= 4 is 5.78 Å². The van der Waals surface area contributed by atoms with Crippen LogP contribution in [0.15, 0.2) is 21.0 Å². The average Bonchev–Trinajstić information content (AvgIpc) is 2.64. The standard InChI is InChI=1S/C12H18N2O4/c1-5-9(17-6-2)7-10(8(3)15)11-13-14(4)12(16)18-11/h7,10H,5-6H2,1-4H3/b9-7+. The predicted molar refractivity (Wildman–Crippen MR) is 65.2 cm³/mol. The van der Waals surface area contributed by atoms with Gasteiger partial charge in [-0.15, -0.1) is 5.10 Å². The lowest BCUT2D eigenvalue weighted by atomic mass is 10.0. The topological polar surface area (TPSA) is 74.3 Å². The molecule has 0 fully saturated rings. The van der Waals surface area contributed by atoms with E-state index in [4.69, 9.17) is 9.15 Å². The number of Topliss-reactive ketones (excluding diaryl/α,β-unsaturated/α-hetero) is 1. The third-order valence-electron chi connectivity index (χ3n) is 2.44. The summed E-state index contributed by atoms with van der Waals surface area (Å²) in [4.78, 5) is 22.8. The number of nitrogens with zero attached hydrogens (tertiary/aromatic N) is 2. The fraction of sp³-hybridized carbons (Fsp3) is 0.583. The highest BCUT2D eigenvalue weighted by Crippen LogP contribution is 2.19. The van der Waals surface area contributed by atoms with Gasteiger partial charge in [0.25, 0.3) is 0 Å². The molecule has 0 aliphatic carbocycles. The molecule has 1 rings (SSSR count). The van der Waals surface area contributed by atoms with Crippen molar-refractivity contribution in [3.8, 4) is 0 Å². The van der Waals surface area contributed by atoms with Gasteiger partial charge in [-0.05, 0) is 19.9 Å². The number of aryl methyl sites for hydroxylation is 1. The number of ketones is 1. The molecule has 6 nitrogen and oxygen atoms in total. The van der Waals surface area contributed by atoms with Gasteiger partial charge in [-0.3, -0.25) is 4.79 Å². The number of carbonyl (C=O) groups excluding carboxylic acids is 1. The summed E-state index contributed by atoms with van der Waals surface area (Å²) in [6, 6.07) is 0. The van der Waals surface area contributed by atoms with Gasteiger partial charge in [-0.25, -0.2) is 4.79 Å². The maximum absolute atomic E-state index is 11.6. The largest absolute Gasteiger partial charge is 0.499 e. The lowest BCUT2D eigenvalue weighted by Gasteiger charge is -2.09. The van der Waals surface area contributed by atoms with E-state index < -0.39 is 11.7 Å². The van der Waals surface area contributed by atoms with E-state index in [0.717, 1.165) is 4.68 Å². The Kier molecular flexibility index (Phi) is 4.88. The van der Waals surface area contributed by atoms with E-state index in [0.29, 0.717) is 18.8 Å². The van der Waals surface area contributed by atoms with Gasteiger partial charge in [0.15, 0.2) is 0 Å². The molecule has 0 aromatic carbocycles. The number of allylic oxidation sites excluding steroid dienone is 2. The van der Waals surface area contributed by atoms with Crippen molar-refractivity contribution in [2.24, 2.45) is 7.05 Å². The lowest BCUT2D eigenvalue weighted by molar-refractivity contribution is -0.117. The molecule has 0 spiro atoms. The van der Waals surface area contributed by atoms with Crippen LogP contribution in [0.1, 0.15) is 39.0 Å². The van der Waals surface area contributed by atoms with Crippen molar-refractivity contribution < 1.29 is 13.9 Å². The van der Waals surface area contributed by atoms with Crippen LogP contribution in [0.25, 0.3) is 0 Å². The molecule has 1 unspecified atom stereocenters. The van der Waals surface area contributed by atoms with Crippen molar-refractivity contribution in [1.82, 2.24) is 9.78 Å². The second-order valence-corrected chi connectivity index (χ2v) is 3.84. The van der Waals surface area contributed by atoms with Gasteiger partial charge in [0.2, 0.25) is 5.89 Å². The Morgan fingerprint density at radius 1 is 1.56 bits per heavy atom. The molecule has 1 aromatic heterocycles. The van der Waals surface area contributed by atoms with Crippen molar-refractivity contribution in [3.05, 3.63) is 28.3 Å². The molecular weight excluding hydrogens is 236 g/mol. The highest BCUT2D eigenvalue weighted by Gasteiger charge is 2.22. The molecule has 1 aromatic rings. The normalized spacial score (nSPS) is 13.4. The number of hydrogen-bond donors (Lipinski definition) is 0. The quantitative estimate of drug-likeness (QED) is 0.717. The molecule has 0 aliphatic rings. The van der Waals surface area contributed by atoms with Crippen molar-refractivity contribution in [2.75, 3.05) is 6.61 Å². The molecule has 0 saturated carbocycles. The Balaban J connectivity index is 3.10. The van der Waals surface area contributed by atoms with Crippen LogP contribution in [0, 0.1) is 0 Å². The van der Waals surface area contributed by atoms with Gasteiger partial charge >= 0.3 is 5.76 Å². The van der Waals surface area contributed by atoms with E-state index in [1.807, 2.05) is 13.8 Å². The number of carbonyl (C=O) groups is 1. The minimum Gasteiger partial charge on any atom is -0.499 e. The molecule has 1 atom stereocenters. The Labute approximate surface area is 105 Å². The first-order valence-electron chi connectivity index (χ1n) is 5.87. The second-order valence-electron chi connectivity index (χ2n) is 3.84. The summed E-state index contributed by atoms with van der Waals surface area (Å²) in [6.45, 7) is 5.74. The lowest BCUT2D eigenvalue weighted by Crippen LogP contribution is -2.10. The summed E-state index contributed by atoms with van der Waals surface area (Å²) >= 11 is 0. The third-order valence-corrected chi connectivity index (χ3v) is 2.44. The Morgan fingerprint density at radius 3 is 2.61 bits per heavy atom. The number of hydrogen-bond acceptors (Lipinski definition) is 5. The van der Waals surface area contributed by atoms with Crippen LogP contribution in [0.3, 0.4) is 0 Å². The molecule has 0 N–H and O–H groups in total. The molecule has 100 valence electrons. The summed E-state index contributed by atoms with van der Waals surface area (Å²) in [7, 11) is 1.47. The first kappa shape index (κ1) is 14.2. The number of aromatic nitrogens is 2. The zero-order chi connectivity index (χ0) is 13.7. The van der Waals surface area contributed by atoms with Crippen LogP contribution in [-0.4, -0.2) is 22.2 Å². The molecule has 0 bridgehead atoms. The molecule has 18 heavy (non-hydrogen) atoms. The maximum Gasteiger partial charge on any atom is 0.436 e. The first-order chi connectivity index (χ1) is 8.49. The van der Waals surface area contributed by atoms with Crippen molar-refractivity contribution in [2.45, 2.75) is 33.1 Å². The highest BCUT2D eigenvalue weighted by atomic mass is 16.5. The van der Waals surface area contributed by atoms with Gasteiger partial charge in [0, 0.05) is 13.5 Å². The van der Waals surface area contributed by atoms with Crippen LogP contribution in [-0.2, 0) is 16.6 Å². The Hall–Kier alpha value is -1.85. The van der Waals surface area contributed by atoms with Gasteiger partial charge < -0.3 is 9.15 Å². The van der Waals surface area contributed by atoms with E-state index in [1.165, 1.54) is 14.0 Å². The van der Waals surface area contributed by atoms with Gasteiger partial charge in [0.05, 0.1) is 12.4 Å². The summed E-state index contributed by atoms with van der Waals surface area (Å²) in [6.07, 6.45) is 2.31. The van der Waals surface area contributed by atoms with E-state index in [2.05, 4.69) is 5.10 Å². The van der Waals surface area contributed by atoms with Gasteiger partial charge in [-0.1, -0.05) is 6.92 Å². The molecule has 0 radical (unpaired) electrons. The SMILES string of the molecule is CCO/C(=C/C(C(C)=O)c1nn(C)c(=O)o1)CC. The molecule has 6 heteroatoms. The van der Waals surface area contributed by atoms with Crippen LogP contribution in [0.2, 0.25) is 0 Å². The molecular formula is C12H18N2O4.